The largest absolute Gasteiger partial charge is 0.268 e. The quantitative estimate of drug-likeness (QED) is 0.363. The summed E-state index contributed by atoms with van der Waals surface area (Å²) in [5.74, 6) is 1.19. The van der Waals surface area contributed by atoms with E-state index in [0.29, 0.717) is 39.0 Å². The van der Waals surface area contributed by atoms with Crippen molar-refractivity contribution in [1.29, 1.82) is 0 Å². The Labute approximate surface area is 192 Å². The average molecular weight is 459 g/mol. The second-order valence-corrected chi connectivity index (χ2v) is 8.52. The maximum absolute atomic E-state index is 13.5. The molecule has 0 atom stereocenters. The van der Waals surface area contributed by atoms with Crippen molar-refractivity contribution in [3.8, 4) is 11.5 Å². The van der Waals surface area contributed by atoms with Gasteiger partial charge >= 0.3 is 0 Å². The monoisotopic (exact) mass is 458 g/mol. The van der Waals surface area contributed by atoms with Crippen molar-refractivity contribution in [3.63, 3.8) is 0 Å². The van der Waals surface area contributed by atoms with Crippen molar-refractivity contribution in [3.05, 3.63) is 100 Å². The van der Waals surface area contributed by atoms with Crippen molar-refractivity contribution in [2.24, 2.45) is 0 Å². The van der Waals surface area contributed by atoms with Gasteiger partial charge in [0.25, 0.3) is 5.56 Å². The van der Waals surface area contributed by atoms with E-state index in [4.69, 9.17) is 4.98 Å². The molecule has 5 rings (SSSR count). The van der Waals surface area contributed by atoms with Crippen LogP contribution in [0.5, 0.6) is 0 Å². The van der Waals surface area contributed by atoms with E-state index in [0.717, 1.165) is 11.4 Å². The van der Waals surface area contributed by atoms with Crippen LogP contribution in [0.15, 0.2) is 76.6 Å². The second kappa shape index (κ2) is 8.59. The molecule has 0 saturated carbocycles. The number of hydrogen-bond acceptors (Lipinski definition) is 6. The Hall–Kier alpha value is -3.85. The van der Waals surface area contributed by atoms with Gasteiger partial charge in [-0.05, 0) is 68.4 Å². The first-order valence-corrected chi connectivity index (χ1v) is 11.2. The maximum atomic E-state index is 13.5. The minimum Gasteiger partial charge on any atom is -0.268 e. The number of benzene rings is 2. The van der Waals surface area contributed by atoms with E-state index in [9.17, 15) is 9.18 Å². The van der Waals surface area contributed by atoms with Crippen LogP contribution in [0, 0.1) is 19.7 Å². The van der Waals surface area contributed by atoms with Crippen molar-refractivity contribution >= 4 is 22.7 Å². The van der Waals surface area contributed by atoms with E-state index >= 15 is 0 Å². The highest BCUT2D eigenvalue weighted by molar-refractivity contribution is 7.98. The van der Waals surface area contributed by atoms with Crippen molar-refractivity contribution in [2.45, 2.75) is 24.6 Å². The summed E-state index contributed by atoms with van der Waals surface area (Å²) in [6.07, 6.45) is 0. The first-order chi connectivity index (χ1) is 16.0. The smallest absolute Gasteiger partial charge is 0.265 e. The van der Waals surface area contributed by atoms with E-state index in [1.807, 2.05) is 44.2 Å². The molecule has 164 valence electrons. The zero-order chi connectivity index (χ0) is 22.9. The van der Waals surface area contributed by atoms with E-state index < -0.39 is 0 Å². The third kappa shape index (κ3) is 4.14. The highest BCUT2D eigenvalue weighted by atomic mass is 32.2. The summed E-state index contributed by atoms with van der Waals surface area (Å²) >= 11 is 1.42. The standard InChI is InChI=1S/C24H19FN6OS/c1-15-13-16(2)31(29-15)21-11-12-23(28-27-21)33-14-22-26-20-6-4-3-5-19(20)24(32)30(22)18-9-7-17(25)8-10-18/h3-13H,14H2,1-2H3. The first-order valence-electron chi connectivity index (χ1n) is 10.3. The predicted molar refractivity (Wildman–Crippen MR) is 125 cm³/mol. The topological polar surface area (TPSA) is 78.5 Å². The number of rotatable bonds is 5. The molecule has 2 aromatic carbocycles. The van der Waals surface area contributed by atoms with Crippen LogP contribution in [0.1, 0.15) is 17.2 Å². The highest BCUT2D eigenvalue weighted by Gasteiger charge is 2.14. The van der Waals surface area contributed by atoms with Crippen LogP contribution in [-0.2, 0) is 5.75 Å². The molecule has 9 heteroatoms. The van der Waals surface area contributed by atoms with Crippen LogP contribution in [0.4, 0.5) is 4.39 Å². The summed E-state index contributed by atoms with van der Waals surface area (Å²) in [6.45, 7) is 3.89. The number of hydrogen-bond donors (Lipinski definition) is 0. The van der Waals surface area contributed by atoms with Crippen LogP contribution >= 0.6 is 11.8 Å². The zero-order valence-corrected chi connectivity index (χ0v) is 18.8. The molecule has 0 bridgehead atoms. The number of aromatic nitrogens is 6. The summed E-state index contributed by atoms with van der Waals surface area (Å²) in [7, 11) is 0. The van der Waals surface area contributed by atoms with Gasteiger partial charge in [-0.3, -0.25) is 9.36 Å². The molecule has 0 saturated heterocycles. The number of aryl methyl sites for hydroxylation is 2. The lowest BCUT2D eigenvalue weighted by Gasteiger charge is -2.13. The second-order valence-electron chi connectivity index (χ2n) is 7.52. The Morgan fingerprint density at radius 2 is 1.76 bits per heavy atom. The first kappa shape index (κ1) is 21.0. The maximum Gasteiger partial charge on any atom is 0.265 e. The lowest BCUT2D eigenvalue weighted by molar-refractivity contribution is 0.627. The van der Waals surface area contributed by atoms with E-state index in [-0.39, 0.29) is 11.4 Å². The molecule has 0 aliphatic carbocycles. The molecule has 33 heavy (non-hydrogen) atoms. The third-order valence-electron chi connectivity index (χ3n) is 5.13. The lowest BCUT2D eigenvalue weighted by Crippen LogP contribution is -2.23. The van der Waals surface area contributed by atoms with Gasteiger partial charge in [-0.1, -0.05) is 23.9 Å². The Kier molecular flexibility index (Phi) is 5.47. The number of nitrogens with zero attached hydrogens (tertiary/aromatic N) is 6. The molecule has 0 radical (unpaired) electrons. The molecule has 0 aliphatic heterocycles. The summed E-state index contributed by atoms with van der Waals surface area (Å²) in [6, 6.07) is 18.7. The Bertz CT molecular complexity index is 1510. The minimum absolute atomic E-state index is 0.200. The number of thioether (sulfide) groups is 1. The summed E-state index contributed by atoms with van der Waals surface area (Å²) in [4.78, 5) is 18.0. The molecule has 0 fully saturated rings. The molecule has 3 heterocycles. The molecular weight excluding hydrogens is 439 g/mol. The van der Waals surface area contributed by atoms with Gasteiger partial charge in [0.1, 0.15) is 16.7 Å². The summed E-state index contributed by atoms with van der Waals surface area (Å²) in [5, 5.41) is 14.2. The SMILES string of the molecule is Cc1cc(C)n(-c2ccc(SCc3nc4ccccc4c(=O)n3-c3ccc(F)cc3)nn2)n1. The molecule has 0 N–H and O–H groups in total. The van der Waals surface area contributed by atoms with E-state index in [2.05, 4.69) is 15.3 Å². The van der Waals surface area contributed by atoms with Crippen LogP contribution in [0.25, 0.3) is 22.4 Å². The zero-order valence-electron chi connectivity index (χ0n) is 17.9. The van der Waals surface area contributed by atoms with Crippen LogP contribution in [0.3, 0.4) is 0 Å². The van der Waals surface area contributed by atoms with Gasteiger partial charge in [0.2, 0.25) is 0 Å². The van der Waals surface area contributed by atoms with Crippen LogP contribution in [0.2, 0.25) is 0 Å². The number of fused-ring (bicyclic) bond motifs is 1. The number of para-hydroxylation sites is 1. The fraction of sp³-hybridized carbons (Fsp3) is 0.125. The van der Waals surface area contributed by atoms with Gasteiger partial charge in [-0.2, -0.15) is 5.10 Å². The third-order valence-corrected chi connectivity index (χ3v) is 6.05. The molecule has 0 aliphatic rings. The normalized spacial score (nSPS) is 11.2. The fourth-order valence-corrected chi connectivity index (χ4v) is 4.37. The van der Waals surface area contributed by atoms with E-state index in [1.165, 1.54) is 28.5 Å². The number of halogens is 1. The molecule has 0 amide bonds. The lowest BCUT2D eigenvalue weighted by atomic mass is 10.2. The molecule has 7 nitrogen and oxygen atoms in total. The highest BCUT2D eigenvalue weighted by Crippen LogP contribution is 2.23. The Morgan fingerprint density at radius 1 is 0.970 bits per heavy atom. The Balaban J connectivity index is 1.48. The van der Waals surface area contributed by atoms with Crippen LogP contribution in [-0.4, -0.2) is 29.5 Å². The molecular formula is C24H19FN6OS. The average Bonchev–Trinajstić information content (AvgIpc) is 3.17. The molecule has 0 spiro atoms. The molecule has 5 aromatic rings. The Morgan fingerprint density at radius 3 is 2.45 bits per heavy atom. The summed E-state index contributed by atoms with van der Waals surface area (Å²) < 4.78 is 16.7. The van der Waals surface area contributed by atoms with Crippen molar-refractivity contribution in [2.75, 3.05) is 0 Å². The van der Waals surface area contributed by atoms with Gasteiger partial charge in [-0.25, -0.2) is 14.1 Å². The van der Waals surface area contributed by atoms with Gasteiger partial charge in [-0.15, -0.1) is 10.2 Å². The van der Waals surface area contributed by atoms with Crippen LogP contribution < -0.4 is 5.56 Å². The predicted octanol–water partition coefficient (Wildman–Crippen LogP) is 4.41. The van der Waals surface area contributed by atoms with Gasteiger partial charge < -0.3 is 0 Å². The van der Waals surface area contributed by atoms with Crippen molar-refractivity contribution < 1.29 is 4.39 Å². The van der Waals surface area contributed by atoms with Crippen molar-refractivity contribution in [1.82, 2.24) is 29.5 Å². The van der Waals surface area contributed by atoms with Gasteiger partial charge in [0.05, 0.1) is 28.0 Å². The van der Waals surface area contributed by atoms with E-state index in [1.54, 1.807) is 28.9 Å². The minimum atomic E-state index is -0.366. The molecule has 0 unspecified atom stereocenters. The van der Waals surface area contributed by atoms with Gasteiger partial charge in [0.15, 0.2) is 5.82 Å². The summed E-state index contributed by atoms with van der Waals surface area (Å²) in [5.41, 5.74) is 2.86. The van der Waals surface area contributed by atoms with Gasteiger partial charge in [0, 0.05) is 5.69 Å². The molecule has 3 aromatic heterocycles. The fourth-order valence-electron chi connectivity index (χ4n) is 3.63.